The Labute approximate surface area is 204 Å². The van der Waals surface area contributed by atoms with E-state index in [1.54, 1.807) is 6.07 Å². The lowest BCUT2D eigenvalue weighted by molar-refractivity contribution is 0.0997. The Morgan fingerprint density at radius 3 is 2.39 bits per heavy atom. The first kappa shape index (κ1) is 23.1. The van der Waals surface area contributed by atoms with Gasteiger partial charge in [0.1, 0.15) is 5.52 Å². The van der Waals surface area contributed by atoms with Gasteiger partial charge in [0.15, 0.2) is 28.8 Å². The Bertz CT molecular complexity index is 1710. The van der Waals surface area contributed by atoms with Gasteiger partial charge in [-0.2, -0.15) is 0 Å². The number of aryl methyl sites for hydroxylation is 2. The highest BCUT2D eigenvalue weighted by Crippen LogP contribution is 2.27. The average molecular weight is 485 g/mol. The van der Waals surface area contributed by atoms with Crippen LogP contribution < -0.4 is 11.4 Å². The minimum atomic E-state index is -1.17. The summed E-state index contributed by atoms with van der Waals surface area (Å²) in [5.41, 5.74) is 8.09. The van der Waals surface area contributed by atoms with Crippen molar-refractivity contribution >= 4 is 17.1 Å². The molecule has 0 saturated heterocycles. The summed E-state index contributed by atoms with van der Waals surface area (Å²) in [6.07, 6.45) is 0. The lowest BCUT2D eigenvalue weighted by Crippen LogP contribution is -2.24. The summed E-state index contributed by atoms with van der Waals surface area (Å²) in [4.78, 5) is 35.0. The highest BCUT2D eigenvalue weighted by Gasteiger charge is 2.25. The van der Waals surface area contributed by atoms with Crippen LogP contribution in [0.5, 0.6) is 0 Å². The maximum Gasteiger partial charge on any atom is 0.335 e. The zero-order valence-corrected chi connectivity index (χ0v) is 19.5. The lowest BCUT2D eigenvalue weighted by atomic mass is 10.1. The molecule has 2 heterocycles. The largest absolute Gasteiger partial charge is 0.364 e. The number of hydrogen-bond acceptors (Lipinski definition) is 4. The van der Waals surface area contributed by atoms with Gasteiger partial charge in [-0.3, -0.25) is 9.36 Å². The zero-order valence-electron chi connectivity index (χ0n) is 19.5. The zero-order chi connectivity index (χ0) is 25.6. The Hall–Kier alpha value is -4.66. The van der Waals surface area contributed by atoms with Gasteiger partial charge in [-0.15, -0.1) is 0 Å². The van der Waals surface area contributed by atoms with Crippen molar-refractivity contribution in [3.63, 3.8) is 0 Å². The van der Waals surface area contributed by atoms with Crippen LogP contribution in [-0.2, 0) is 6.54 Å². The second-order valence-electron chi connectivity index (χ2n) is 8.49. The van der Waals surface area contributed by atoms with E-state index in [2.05, 4.69) is 9.97 Å². The quantitative estimate of drug-likeness (QED) is 0.402. The summed E-state index contributed by atoms with van der Waals surface area (Å²) in [5.74, 6) is -3.46. The van der Waals surface area contributed by atoms with Crippen molar-refractivity contribution in [2.75, 3.05) is 0 Å². The molecule has 0 fully saturated rings. The summed E-state index contributed by atoms with van der Waals surface area (Å²) >= 11 is 0. The lowest BCUT2D eigenvalue weighted by Gasteiger charge is -2.09. The van der Waals surface area contributed by atoms with Crippen LogP contribution in [-0.4, -0.2) is 25.0 Å². The van der Waals surface area contributed by atoms with E-state index in [9.17, 15) is 18.4 Å². The molecule has 1 amide bonds. The van der Waals surface area contributed by atoms with Crippen LogP contribution in [0, 0.1) is 25.5 Å². The van der Waals surface area contributed by atoms with Crippen molar-refractivity contribution in [3.05, 3.63) is 111 Å². The molecule has 9 heteroatoms. The number of halogens is 2. The number of carbonyl (C=O) groups is 1. The van der Waals surface area contributed by atoms with Gasteiger partial charge in [0.2, 0.25) is 0 Å². The molecule has 0 saturated carbocycles. The van der Waals surface area contributed by atoms with Gasteiger partial charge in [-0.1, -0.05) is 42.5 Å². The fourth-order valence-electron chi connectivity index (χ4n) is 4.13. The van der Waals surface area contributed by atoms with E-state index in [-0.39, 0.29) is 34.8 Å². The highest BCUT2D eigenvalue weighted by molar-refractivity contribution is 6.02. The molecule has 7 nitrogen and oxygen atoms in total. The van der Waals surface area contributed by atoms with Crippen molar-refractivity contribution in [2.24, 2.45) is 5.73 Å². The summed E-state index contributed by atoms with van der Waals surface area (Å²) in [7, 11) is 0. The molecule has 0 bridgehead atoms. The topological polar surface area (TPSA) is 95.8 Å². The summed E-state index contributed by atoms with van der Waals surface area (Å²) in [6.45, 7) is 3.97. The van der Waals surface area contributed by atoms with E-state index >= 15 is 0 Å². The van der Waals surface area contributed by atoms with Crippen molar-refractivity contribution < 1.29 is 13.6 Å². The van der Waals surface area contributed by atoms with Gasteiger partial charge in [-0.25, -0.2) is 28.1 Å². The number of nitrogens with zero attached hydrogens (tertiary/aromatic N) is 4. The fraction of sp³-hybridized carbons (Fsp3) is 0.111. The second-order valence-corrected chi connectivity index (χ2v) is 8.49. The minimum absolute atomic E-state index is 0.0571. The van der Waals surface area contributed by atoms with Crippen LogP contribution in [0.2, 0.25) is 0 Å². The number of fused-ring (bicyclic) bond motifs is 1. The number of rotatable bonds is 5. The van der Waals surface area contributed by atoms with E-state index in [1.807, 2.05) is 56.3 Å². The van der Waals surface area contributed by atoms with Gasteiger partial charge in [0.05, 0.1) is 17.8 Å². The number of hydrogen-bond donors (Lipinski definition) is 1. The number of aromatic nitrogens is 4. The first-order valence-corrected chi connectivity index (χ1v) is 11.1. The molecule has 0 aliphatic heterocycles. The van der Waals surface area contributed by atoms with E-state index in [0.717, 1.165) is 22.8 Å². The maximum absolute atomic E-state index is 14.7. The molecule has 180 valence electrons. The van der Waals surface area contributed by atoms with Crippen LogP contribution in [0.25, 0.3) is 28.2 Å². The van der Waals surface area contributed by atoms with Crippen LogP contribution in [0.1, 0.15) is 27.2 Å². The van der Waals surface area contributed by atoms with Crippen LogP contribution in [0.3, 0.4) is 0 Å². The standard InChI is InChI=1S/C27H21F2N5O2/c1-15-11-12-18(13-16(15)2)34-26-23(33(27(34)36)14-17-7-4-3-5-8-17)22(24(30)35)31-25(32-26)19-9-6-10-20(28)21(19)29/h3-13H,14H2,1-2H3,(H2,30,35). The molecular formula is C27H21F2N5O2. The van der Waals surface area contributed by atoms with Gasteiger partial charge in [-0.05, 0) is 54.8 Å². The second kappa shape index (κ2) is 8.84. The third-order valence-corrected chi connectivity index (χ3v) is 6.13. The normalized spacial score (nSPS) is 11.2. The monoisotopic (exact) mass is 485 g/mol. The molecule has 0 aliphatic rings. The molecule has 3 aromatic carbocycles. The Morgan fingerprint density at radius 1 is 0.944 bits per heavy atom. The Kier molecular flexibility index (Phi) is 5.68. The van der Waals surface area contributed by atoms with Crippen LogP contribution in [0.15, 0.2) is 71.5 Å². The third-order valence-electron chi connectivity index (χ3n) is 6.13. The van der Waals surface area contributed by atoms with Gasteiger partial charge in [0, 0.05) is 0 Å². The van der Waals surface area contributed by atoms with Gasteiger partial charge >= 0.3 is 5.69 Å². The molecule has 0 spiro atoms. The molecule has 0 atom stereocenters. The smallest absolute Gasteiger partial charge is 0.335 e. The number of primary amides is 1. The minimum Gasteiger partial charge on any atom is -0.364 e. The maximum atomic E-state index is 14.7. The van der Waals surface area contributed by atoms with Crippen LogP contribution >= 0.6 is 0 Å². The molecule has 5 aromatic rings. The fourth-order valence-corrected chi connectivity index (χ4v) is 4.13. The number of benzene rings is 3. The van der Waals surface area contributed by atoms with E-state index in [0.29, 0.717) is 5.69 Å². The van der Waals surface area contributed by atoms with Crippen molar-refractivity contribution in [1.82, 2.24) is 19.1 Å². The molecule has 2 N–H and O–H groups in total. The average Bonchev–Trinajstić information content (AvgIpc) is 3.13. The summed E-state index contributed by atoms with van der Waals surface area (Å²) in [6, 6.07) is 18.2. The van der Waals surface area contributed by atoms with E-state index < -0.39 is 23.2 Å². The number of nitrogens with two attached hydrogens (primary N) is 1. The number of amides is 1. The first-order chi connectivity index (χ1) is 17.3. The molecule has 0 unspecified atom stereocenters. The predicted octanol–water partition coefficient (Wildman–Crippen LogP) is 4.29. The first-order valence-electron chi connectivity index (χ1n) is 11.1. The number of carbonyl (C=O) groups excluding carboxylic acids is 1. The predicted molar refractivity (Wildman–Crippen MR) is 132 cm³/mol. The van der Waals surface area contributed by atoms with Crippen molar-refractivity contribution in [2.45, 2.75) is 20.4 Å². The third kappa shape index (κ3) is 3.84. The molecule has 2 aromatic heterocycles. The van der Waals surface area contributed by atoms with Crippen molar-refractivity contribution in [1.29, 1.82) is 0 Å². The Morgan fingerprint density at radius 2 is 1.69 bits per heavy atom. The van der Waals surface area contributed by atoms with E-state index in [1.165, 1.54) is 21.3 Å². The molecule has 0 aliphatic carbocycles. The van der Waals surface area contributed by atoms with Crippen molar-refractivity contribution in [3.8, 4) is 17.1 Å². The highest BCUT2D eigenvalue weighted by atomic mass is 19.2. The molecule has 5 rings (SSSR count). The SMILES string of the molecule is Cc1ccc(-n2c(=O)n(Cc3ccccc3)c3c(C(N)=O)nc(-c4cccc(F)c4F)nc32)cc1C. The van der Waals surface area contributed by atoms with Gasteiger partial charge in [0.25, 0.3) is 5.91 Å². The summed E-state index contributed by atoms with van der Waals surface area (Å²) < 4.78 is 31.4. The Balaban J connectivity index is 1.90. The molecular weight excluding hydrogens is 464 g/mol. The molecule has 36 heavy (non-hydrogen) atoms. The number of imidazole rings is 1. The van der Waals surface area contributed by atoms with Gasteiger partial charge < -0.3 is 5.73 Å². The summed E-state index contributed by atoms with van der Waals surface area (Å²) in [5, 5.41) is 0. The molecule has 0 radical (unpaired) electrons. The van der Waals surface area contributed by atoms with E-state index in [4.69, 9.17) is 5.73 Å². The van der Waals surface area contributed by atoms with Crippen LogP contribution in [0.4, 0.5) is 8.78 Å².